The van der Waals surface area contributed by atoms with Gasteiger partial charge in [0.15, 0.2) is 0 Å². The first-order valence-electron chi connectivity index (χ1n) is 4.71. The van der Waals surface area contributed by atoms with Crippen molar-refractivity contribution in [2.75, 3.05) is 0 Å². The van der Waals surface area contributed by atoms with Crippen molar-refractivity contribution >= 4 is 11.9 Å². The second kappa shape index (κ2) is 3.96. The molecule has 0 aliphatic heterocycles. The van der Waals surface area contributed by atoms with E-state index in [1.807, 2.05) is 6.92 Å². The van der Waals surface area contributed by atoms with Crippen molar-refractivity contribution in [3.8, 4) is 0 Å². The highest BCUT2D eigenvalue weighted by molar-refractivity contribution is 5.80. The Hall–Kier alpha value is -1.10. The van der Waals surface area contributed by atoms with Crippen LogP contribution in [0.15, 0.2) is 0 Å². The van der Waals surface area contributed by atoms with Crippen LogP contribution in [0.2, 0.25) is 0 Å². The maximum atomic E-state index is 10.7. The third-order valence-electron chi connectivity index (χ3n) is 2.84. The van der Waals surface area contributed by atoms with E-state index >= 15 is 0 Å². The Morgan fingerprint density at radius 3 is 2.36 bits per heavy atom. The molecule has 3 unspecified atom stereocenters. The fourth-order valence-electron chi connectivity index (χ4n) is 2.11. The van der Waals surface area contributed by atoms with Gasteiger partial charge in [0.25, 0.3) is 0 Å². The van der Waals surface area contributed by atoms with Crippen LogP contribution in [0.1, 0.15) is 19.8 Å². The number of nitrogens with two attached hydrogens (primary N) is 1. The topological polar surface area (TPSA) is 101 Å². The van der Waals surface area contributed by atoms with Crippen LogP contribution in [0.25, 0.3) is 0 Å². The van der Waals surface area contributed by atoms with Crippen molar-refractivity contribution in [1.29, 1.82) is 0 Å². The molecule has 1 aliphatic rings. The molecule has 4 atom stereocenters. The Balaban J connectivity index is 2.62. The van der Waals surface area contributed by atoms with Crippen LogP contribution in [-0.2, 0) is 9.59 Å². The average Bonchev–Trinajstić information content (AvgIpc) is 2.78. The predicted octanol–water partition coefficient (Wildman–Crippen LogP) is 0.145. The highest BCUT2D eigenvalue weighted by Crippen LogP contribution is 2.50. The van der Waals surface area contributed by atoms with E-state index in [0.29, 0.717) is 0 Å². The maximum absolute atomic E-state index is 10.7. The molecule has 5 nitrogen and oxygen atoms in total. The van der Waals surface area contributed by atoms with Crippen molar-refractivity contribution < 1.29 is 19.8 Å². The van der Waals surface area contributed by atoms with Crippen LogP contribution in [0.3, 0.4) is 0 Å². The Morgan fingerprint density at radius 2 is 2.00 bits per heavy atom. The fourth-order valence-corrected chi connectivity index (χ4v) is 2.11. The number of carbonyl (C=O) groups is 2. The van der Waals surface area contributed by atoms with E-state index < -0.39 is 23.9 Å². The number of hydrogen-bond acceptors (Lipinski definition) is 3. The van der Waals surface area contributed by atoms with Crippen LogP contribution < -0.4 is 5.73 Å². The summed E-state index contributed by atoms with van der Waals surface area (Å²) in [6, 6.07) is -1.03. The van der Waals surface area contributed by atoms with Gasteiger partial charge in [-0.1, -0.05) is 13.3 Å². The van der Waals surface area contributed by atoms with Gasteiger partial charge in [-0.05, 0) is 12.3 Å². The summed E-state index contributed by atoms with van der Waals surface area (Å²) in [4.78, 5) is 21.3. The van der Waals surface area contributed by atoms with Gasteiger partial charge in [0, 0.05) is 5.92 Å². The minimum Gasteiger partial charge on any atom is -0.481 e. The van der Waals surface area contributed by atoms with Gasteiger partial charge in [0.1, 0.15) is 6.04 Å². The van der Waals surface area contributed by atoms with Crippen molar-refractivity contribution in [2.45, 2.75) is 25.8 Å². The molecule has 14 heavy (non-hydrogen) atoms. The molecule has 0 aromatic rings. The van der Waals surface area contributed by atoms with E-state index in [9.17, 15) is 9.59 Å². The number of hydrogen-bond donors (Lipinski definition) is 3. The first-order valence-corrected chi connectivity index (χ1v) is 4.71. The maximum Gasteiger partial charge on any atom is 0.320 e. The molecule has 0 radical (unpaired) electrons. The van der Waals surface area contributed by atoms with Crippen LogP contribution >= 0.6 is 0 Å². The largest absolute Gasteiger partial charge is 0.481 e. The lowest BCUT2D eigenvalue weighted by molar-refractivity contribution is -0.140. The Labute approximate surface area is 81.9 Å². The zero-order valence-corrected chi connectivity index (χ0v) is 8.01. The van der Waals surface area contributed by atoms with Gasteiger partial charge in [-0.2, -0.15) is 0 Å². The van der Waals surface area contributed by atoms with Crippen molar-refractivity contribution in [2.24, 2.45) is 23.5 Å². The van der Waals surface area contributed by atoms with E-state index in [4.69, 9.17) is 15.9 Å². The Kier molecular flexibility index (Phi) is 3.10. The summed E-state index contributed by atoms with van der Waals surface area (Å²) in [5, 5.41) is 17.5. The van der Waals surface area contributed by atoms with Gasteiger partial charge >= 0.3 is 11.9 Å². The number of carboxylic acid groups (broad SMARTS) is 2. The average molecular weight is 201 g/mol. The number of carboxylic acids is 2. The number of rotatable bonds is 5. The molecule has 1 aliphatic carbocycles. The van der Waals surface area contributed by atoms with Gasteiger partial charge in [-0.15, -0.1) is 0 Å². The van der Waals surface area contributed by atoms with Gasteiger partial charge < -0.3 is 15.9 Å². The molecule has 80 valence electrons. The molecule has 0 bridgehead atoms. The highest BCUT2D eigenvalue weighted by atomic mass is 16.4. The second-order valence-electron chi connectivity index (χ2n) is 3.76. The van der Waals surface area contributed by atoms with Gasteiger partial charge in [-0.3, -0.25) is 9.59 Å². The molecular weight excluding hydrogens is 186 g/mol. The van der Waals surface area contributed by atoms with Gasteiger partial charge in [0.05, 0.1) is 5.92 Å². The summed E-state index contributed by atoms with van der Waals surface area (Å²) in [6.45, 7) is 1.95. The fraction of sp³-hybridized carbons (Fsp3) is 0.778. The molecule has 5 heteroatoms. The molecule has 0 saturated heterocycles. The quantitative estimate of drug-likeness (QED) is 0.587. The first-order chi connectivity index (χ1) is 6.50. The van der Waals surface area contributed by atoms with Crippen LogP contribution in [-0.4, -0.2) is 28.2 Å². The van der Waals surface area contributed by atoms with E-state index in [-0.39, 0.29) is 11.8 Å². The standard InChI is InChI=1S/C9H15NO4/c1-2-3-4-5(6(4)8(11)12)7(10)9(13)14/h4-7H,2-3,10H2,1H3,(H,11,12)(H,13,14)/t4?,5?,6?,7-/m0/s1. The SMILES string of the molecule is CCCC1C(C(=O)O)C1[C@H](N)C(=O)O. The molecule has 0 spiro atoms. The third-order valence-corrected chi connectivity index (χ3v) is 2.84. The summed E-state index contributed by atoms with van der Waals surface area (Å²) < 4.78 is 0. The Bertz CT molecular complexity index is 253. The molecular formula is C9H15NO4. The summed E-state index contributed by atoms with van der Waals surface area (Å²) in [7, 11) is 0. The minimum atomic E-state index is -1.11. The highest BCUT2D eigenvalue weighted by Gasteiger charge is 2.58. The van der Waals surface area contributed by atoms with Crippen LogP contribution in [0.4, 0.5) is 0 Å². The third kappa shape index (κ3) is 1.87. The van der Waals surface area contributed by atoms with Crippen LogP contribution in [0, 0.1) is 17.8 Å². The van der Waals surface area contributed by atoms with Gasteiger partial charge in [0.2, 0.25) is 0 Å². The normalized spacial score (nSPS) is 32.3. The molecule has 0 aromatic heterocycles. The summed E-state index contributed by atoms with van der Waals surface area (Å²) >= 11 is 0. The summed E-state index contributed by atoms with van der Waals surface area (Å²) in [5.41, 5.74) is 5.41. The second-order valence-corrected chi connectivity index (χ2v) is 3.76. The van der Waals surface area contributed by atoms with Crippen LogP contribution in [0.5, 0.6) is 0 Å². The molecule has 0 heterocycles. The first kappa shape index (κ1) is 11.0. The van der Waals surface area contributed by atoms with E-state index in [1.54, 1.807) is 0 Å². The zero-order chi connectivity index (χ0) is 10.9. The molecule has 1 saturated carbocycles. The van der Waals surface area contributed by atoms with E-state index in [0.717, 1.165) is 12.8 Å². The lowest BCUT2D eigenvalue weighted by Gasteiger charge is -2.03. The zero-order valence-electron chi connectivity index (χ0n) is 8.01. The molecule has 1 rings (SSSR count). The summed E-state index contributed by atoms with van der Waals surface area (Å²) in [6.07, 6.45) is 1.60. The van der Waals surface area contributed by atoms with Crippen molar-refractivity contribution in [1.82, 2.24) is 0 Å². The van der Waals surface area contributed by atoms with E-state index in [2.05, 4.69) is 0 Å². The Morgan fingerprint density at radius 1 is 1.43 bits per heavy atom. The van der Waals surface area contributed by atoms with Crippen molar-refractivity contribution in [3.05, 3.63) is 0 Å². The molecule has 0 amide bonds. The predicted molar refractivity (Wildman–Crippen MR) is 48.6 cm³/mol. The molecule has 0 aromatic carbocycles. The lowest BCUT2D eigenvalue weighted by Crippen LogP contribution is -2.34. The smallest absolute Gasteiger partial charge is 0.320 e. The molecule has 4 N–H and O–H groups in total. The number of aliphatic carboxylic acids is 2. The summed E-state index contributed by atoms with van der Waals surface area (Å²) in [5.74, 6) is -3.03. The van der Waals surface area contributed by atoms with Crippen molar-refractivity contribution in [3.63, 3.8) is 0 Å². The monoisotopic (exact) mass is 201 g/mol. The van der Waals surface area contributed by atoms with E-state index in [1.165, 1.54) is 0 Å². The minimum absolute atomic E-state index is 0.0522. The molecule has 1 fully saturated rings. The lowest BCUT2D eigenvalue weighted by atomic mass is 10.1. The van der Waals surface area contributed by atoms with Gasteiger partial charge in [-0.25, -0.2) is 0 Å².